The Morgan fingerprint density at radius 1 is 0.970 bits per heavy atom. The molecule has 0 bridgehead atoms. The number of thiophene rings is 1. The largest absolute Gasteiger partial charge is 0.478 e. The van der Waals surface area contributed by atoms with Crippen LogP contribution in [0.2, 0.25) is 0 Å². The average molecular weight is 478 g/mol. The van der Waals surface area contributed by atoms with E-state index in [9.17, 15) is 19.5 Å². The van der Waals surface area contributed by atoms with Gasteiger partial charge < -0.3 is 19.3 Å². The number of unbranched alkanes of at least 4 members (excludes halogenated alkanes) is 5. The van der Waals surface area contributed by atoms with Crippen LogP contribution in [0.1, 0.15) is 76.6 Å². The predicted molar refractivity (Wildman–Crippen MR) is 126 cm³/mol. The SMILES string of the molecule is CCCCCCCCOC(=O)Nc1sc(C(=O)OCc2ccccc2)c(COC)c1C(=O)O. The van der Waals surface area contributed by atoms with Gasteiger partial charge >= 0.3 is 18.0 Å². The van der Waals surface area contributed by atoms with Crippen LogP contribution in [0.3, 0.4) is 0 Å². The molecule has 0 saturated heterocycles. The Hall–Kier alpha value is -2.91. The van der Waals surface area contributed by atoms with E-state index in [1.807, 2.05) is 30.3 Å². The van der Waals surface area contributed by atoms with Gasteiger partial charge in [-0.25, -0.2) is 14.4 Å². The summed E-state index contributed by atoms with van der Waals surface area (Å²) in [4.78, 5) is 36.9. The summed E-state index contributed by atoms with van der Waals surface area (Å²) in [6, 6.07) is 9.13. The van der Waals surface area contributed by atoms with Crippen molar-refractivity contribution in [3.63, 3.8) is 0 Å². The minimum absolute atomic E-state index is 0.00848. The summed E-state index contributed by atoms with van der Waals surface area (Å²) in [5, 5.41) is 12.2. The Kier molecular flexibility index (Phi) is 11.4. The van der Waals surface area contributed by atoms with Crippen molar-refractivity contribution in [2.24, 2.45) is 0 Å². The van der Waals surface area contributed by atoms with Crippen molar-refractivity contribution in [1.82, 2.24) is 0 Å². The molecule has 0 aliphatic rings. The lowest BCUT2D eigenvalue weighted by atomic mass is 10.1. The van der Waals surface area contributed by atoms with Crippen molar-refractivity contribution in [1.29, 1.82) is 0 Å². The first-order chi connectivity index (χ1) is 16.0. The molecule has 1 heterocycles. The Morgan fingerprint density at radius 3 is 2.33 bits per heavy atom. The number of benzene rings is 1. The summed E-state index contributed by atoms with van der Waals surface area (Å²) in [7, 11) is 1.39. The fourth-order valence-electron chi connectivity index (χ4n) is 3.19. The predicted octanol–water partition coefficient (Wildman–Crippen LogP) is 5.86. The fraction of sp³-hybridized carbons (Fsp3) is 0.458. The zero-order chi connectivity index (χ0) is 24.1. The molecular formula is C24H31NO7S. The lowest BCUT2D eigenvalue weighted by molar-refractivity contribution is 0.0474. The number of amides is 1. The number of hydrogen-bond donors (Lipinski definition) is 2. The Labute approximate surface area is 197 Å². The molecule has 1 aromatic carbocycles. The number of hydrogen-bond acceptors (Lipinski definition) is 7. The van der Waals surface area contributed by atoms with Crippen LogP contribution in [0.5, 0.6) is 0 Å². The van der Waals surface area contributed by atoms with Gasteiger partial charge in [-0.3, -0.25) is 5.32 Å². The van der Waals surface area contributed by atoms with Crippen LogP contribution >= 0.6 is 11.3 Å². The molecule has 8 nitrogen and oxygen atoms in total. The molecule has 0 fully saturated rings. The van der Waals surface area contributed by atoms with Crippen molar-refractivity contribution in [2.45, 2.75) is 58.7 Å². The summed E-state index contributed by atoms with van der Waals surface area (Å²) in [5.41, 5.74) is 0.745. The normalized spacial score (nSPS) is 10.6. The standard InChI is InChI=1S/C24H31NO7S/c1-3-4-5-6-7-11-14-31-24(29)25-21-19(22(26)27)18(16-30-2)20(33-21)23(28)32-15-17-12-9-8-10-13-17/h8-10,12-13H,3-7,11,14-16H2,1-2H3,(H,25,29)(H,26,27). The molecule has 1 aromatic heterocycles. The number of nitrogens with one attached hydrogen (secondary N) is 1. The minimum Gasteiger partial charge on any atom is -0.478 e. The quantitative estimate of drug-likeness (QED) is 0.259. The first kappa shape index (κ1) is 26.3. The molecule has 0 atom stereocenters. The Bertz CT molecular complexity index is 911. The van der Waals surface area contributed by atoms with E-state index < -0.39 is 18.0 Å². The smallest absolute Gasteiger partial charge is 0.412 e. The van der Waals surface area contributed by atoms with Gasteiger partial charge in [-0.15, -0.1) is 11.3 Å². The van der Waals surface area contributed by atoms with Crippen LogP contribution in [0.4, 0.5) is 9.80 Å². The zero-order valence-electron chi connectivity index (χ0n) is 19.1. The molecule has 2 aromatic rings. The molecule has 2 N–H and O–H groups in total. The van der Waals surface area contributed by atoms with E-state index in [4.69, 9.17) is 14.2 Å². The number of carboxylic acid groups (broad SMARTS) is 1. The van der Waals surface area contributed by atoms with Crippen LogP contribution in [0.25, 0.3) is 0 Å². The van der Waals surface area contributed by atoms with Crippen molar-refractivity contribution >= 4 is 34.4 Å². The average Bonchev–Trinajstić information content (AvgIpc) is 3.15. The molecule has 180 valence electrons. The number of carboxylic acids is 1. The Balaban J connectivity index is 2.05. The third-order valence-corrected chi connectivity index (χ3v) is 5.98. The number of carbonyl (C=O) groups is 3. The van der Waals surface area contributed by atoms with E-state index >= 15 is 0 Å². The number of anilines is 1. The number of ether oxygens (including phenoxy) is 3. The molecule has 0 aliphatic heterocycles. The van der Waals surface area contributed by atoms with Crippen molar-refractivity contribution in [3.8, 4) is 0 Å². The van der Waals surface area contributed by atoms with Crippen LogP contribution in [0, 0.1) is 0 Å². The van der Waals surface area contributed by atoms with Gasteiger partial charge in [0.2, 0.25) is 0 Å². The second kappa shape index (κ2) is 14.3. The fourth-order valence-corrected chi connectivity index (χ4v) is 4.27. The lowest BCUT2D eigenvalue weighted by Crippen LogP contribution is -2.16. The molecule has 0 saturated carbocycles. The summed E-state index contributed by atoms with van der Waals surface area (Å²) >= 11 is 0.831. The monoisotopic (exact) mass is 477 g/mol. The third-order valence-electron chi connectivity index (χ3n) is 4.85. The molecule has 0 unspecified atom stereocenters. The summed E-state index contributed by atoms with van der Waals surface area (Å²) < 4.78 is 15.6. The minimum atomic E-state index is -1.29. The van der Waals surface area contributed by atoms with Crippen molar-refractivity contribution < 1.29 is 33.7 Å². The maximum absolute atomic E-state index is 12.7. The highest BCUT2D eigenvalue weighted by atomic mass is 32.1. The number of esters is 1. The topological polar surface area (TPSA) is 111 Å². The van der Waals surface area contributed by atoms with E-state index in [1.54, 1.807) is 0 Å². The Morgan fingerprint density at radius 2 is 1.67 bits per heavy atom. The highest BCUT2D eigenvalue weighted by Gasteiger charge is 2.29. The van der Waals surface area contributed by atoms with Crippen molar-refractivity contribution in [2.75, 3.05) is 19.0 Å². The molecule has 1 amide bonds. The summed E-state index contributed by atoms with van der Waals surface area (Å²) in [6.45, 7) is 2.30. The van der Waals surface area contributed by atoms with E-state index in [0.717, 1.165) is 42.6 Å². The summed E-state index contributed by atoms with van der Waals surface area (Å²) in [5.74, 6) is -1.97. The number of carbonyl (C=O) groups excluding carboxylic acids is 2. The molecule has 9 heteroatoms. The van der Waals surface area contributed by atoms with E-state index in [1.165, 1.54) is 20.0 Å². The maximum Gasteiger partial charge on any atom is 0.412 e. The van der Waals surface area contributed by atoms with Gasteiger partial charge in [0.1, 0.15) is 22.0 Å². The van der Waals surface area contributed by atoms with E-state index in [0.29, 0.717) is 0 Å². The van der Waals surface area contributed by atoms with E-state index in [-0.39, 0.29) is 40.8 Å². The summed E-state index contributed by atoms with van der Waals surface area (Å²) in [6.07, 6.45) is 5.53. The molecular weight excluding hydrogens is 446 g/mol. The second-order valence-electron chi connectivity index (χ2n) is 7.44. The highest BCUT2D eigenvalue weighted by molar-refractivity contribution is 7.18. The van der Waals surface area contributed by atoms with Crippen LogP contribution in [0.15, 0.2) is 30.3 Å². The molecule has 2 rings (SSSR count). The third kappa shape index (κ3) is 8.51. The first-order valence-electron chi connectivity index (χ1n) is 11.0. The van der Waals surface area contributed by atoms with Crippen molar-refractivity contribution in [3.05, 3.63) is 51.9 Å². The second-order valence-corrected chi connectivity index (χ2v) is 8.46. The van der Waals surface area contributed by atoms with E-state index in [2.05, 4.69) is 12.2 Å². The lowest BCUT2D eigenvalue weighted by Gasteiger charge is -2.07. The number of methoxy groups -OCH3 is 1. The van der Waals surface area contributed by atoms with Gasteiger partial charge in [-0.05, 0) is 12.0 Å². The molecule has 0 radical (unpaired) electrons. The molecule has 0 aliphatic carbocycles. The van der Waals surface area contributed by atoms with Gasteiger partial charge in [0.05, 0.1) is 13.2 Å². The highest BCUT2D eigenvalue weighted by Crippen LogP contribution is 2.35. The zero-order valence-corrected chi connectivity index (χ0v) is 19.9. The van der Waals surface area contributed by atoms with Crippen LogP contribution < -0.4 is 5.32 Å². The van der Waals surface area contributed by atoms with Gasteiger partial charge in [0, 0.05) is 12.7 Å². The molecule has 0 spiro atoms. The number of aromatic carboxylic acids is 1. The van der Waals surface area contributed by atoms with Gasteiger partial charge in [-0.2, -0.15) is 0 Å². The van der Waals surface area contributed by atoms with Gasteiger partial charge in [0.15, 0.2) is 0 Å². The van der Waals surface area contributed by atoms with Crippen LogP contribution in [-0.4, -0.2) is 36.9 Å². The van der Waals surface area contributed by atoms with Gasteiger partial charge in [0.25, 0.3) is 0 Å². The molecule has 33 heavy (non-hydrogen) atoms. The maximum atomic E-state index is 12.7. The number of rotatable bonds is 14. The first-order valence-corrected chi connectivity index (χ1v) is 11.8. The van der Waals surface area contributed by atoms with Gasteiger partial charge in [-0.1, -0.05) is 69.4 Å². The van der Waals surface area contributed by atoms with Crippen LogP contribution in [-0.2, 0) is 27.4 Å².